The van der Waals surface area contributed by atoms with Gasteiger partial charge < -0.3 is 9.47 Å². The van der Waals surface area contributed by atoms with E-state index in [1.165, 1.54) is 0 Å². The van der Waals surface area contributed by atoms with Gasteiger partial charge in [-0.15, -0.1) is 0 Å². The molecule has 1 aromatic carbocycles. The van der Waals surface area contributed by atoms with Gasteiger partial charge in [-0.25, -0.2) is 0 Å². The second kappa shape index (κ2) is 5.14. The lowest BCUT2D eigenvalue weighted by molar-refractivity contribution is -0.0390. The van der Waals surface area contributed by atoms with Crippen LogP contribution in [0.2, 0.25) is 5.02 Å². The van der Waals surface area contributed by atoms with E-state index in [9.17, 15) is 0 Å². The summed E-state index contributed by atoms with van der Waals surface area (Å²) < 4.78 is 9.88. The summed E-state index contributed by atoms with van der Waals surface area (Å²) in [5.41, 5.74) is 0.983. The highest BCUT2D eigenvalue weighted by Crippen LogP contribution is 2.15. The number of ether oxygens (including phenoxy) is 2. The Bertz CT molecular complexity index is 238. The standard InChI is InChI=1S/C9H11ClO2/c1-11-7-12-6-8-4-2-3-5-9(8)10/h2-5H,6-7H2,1H3. The largest absolute Gasteiger partial charge is 0.359 e. The molecule has 0 unspecified atom stereocenters. The van der Waals surface area contributed by atoms with Crippen molar-refractivity contribution in [1.82, 2.24) is 0 Å². The smallest absolute Gasteiger partial charge is 0.146 e. The Morgan fingerprint density at radius 3 is 2.75 bits per heavy atom. The molecule has 12 heavy (non-hydrogen) atoms. The van der Waals surface area contributed by atoms with Crippen LogP contribution in [0.25, 0.3) is 0 Å². The Kier molecular flexibility index (Phi) is 4.08. The minimum Gasteiger partial charge on any atom is -0.359 e. The molecule has 66 valence electrons. The maximum Gasteiger partial charge on any atom is 0.146 e. The zero-order chi connectivity index (χ0) is 8.81. The lowest BCUT2D eigenvalue weighted by Crippen LogP contribution is -1.97. The molecule has 0 spiro atoms. The quantitative estimate of drug-likeness (QED) is 0.531. The van der Waals surface area contributed by atoms with Gasteiger partial charge in [-0.1, -0.05) is 29.8 Å². The highest BCUT2D eigenvalue weighted by atomic mass is 35.5. The van der Waals surface area contributed by atoms with Crippen LogP contribution >= 0.6 is 11.6 Å². The number of hydrogen-bond acceptors (Lipinski definition) is 2. The average Bonchev–Trinajstić information content (AvgIpc) is 2.09. The highest BCUT2D eigenvalue weighted by molar-refractivity contribution is 6.31. The minimum absolute atomic E-state index is 0.297. The van der Waals surface area contributed by atoms with Gasteiger partial charge in [0.25, 0.3) is 0 Å². The third kappa shape index (κ3) is 2.81. The van der Waals surface area contributed by atoms with Crippen LogP contribution in [0.4, 0.5) is 0 Å². The molecule has 0 amide bonds. The summed E-state index contributed by atoms with van der Waals surface area (Å²) >= 11 is 5.88. The lowest BCUT2D eigenvalue weighted by Gasteiger charge is -2.03. The fraction of sp³-hybridized carbons (Fsp3) is 0.333. The summed E-state index contributed by atoms with van der Waals surface area (Å²) in [5, 5.41) is 0.730. The van der Waals surface area contributed by atoms with Crippen molar-refractivity contribution in [3.63, 3.8) is 0 Å². The van der Waals surface area contributed by atoms with E-state index >= 15 is 0 Å². The van der Waals surface area contributed by atoms with Gasteiger partial charge in [0.05, 0.1) is 6.61 Å². The molecule has 1 aromatic rings. The lowest BCUT2D eigenvalue weighted by atomic mass is 10.2. The Labute approximate surface area is 77.1 Å². The molecular formula is C9H11ClO2. The second-order valence-corrected chi connectivity index (χ2v) is 2.75. The molecule has 0 N–H and O–H groups in total. The van der Waals surface area contributed by atoms with Crippen molar-refractivity contribution in [3.8, 4) is 0 Å². The first-order valence-electron chi connectivity index (χ1n) is 3.64. The van der Waals surface area contributed by atoms with Crippen LogP contribution < -0.4 is 0 Å². The fourth-order valence-electron chi connectivity index (χ4n) is 0.850. The number of methoxy groups -OCH3 is 1. The van der Waals surface area contributed by atoms with Crippen LogP contribution in [-0.4, -0.2) is 13.9 Å². The third-order valence-corrected chi connectivity index (χ3v) is 1.79. The molecule has 1 rings (SSSR count). The van der Waals surface area contributed by atoms with E-state index in [1.54, 1.807) is 7.11 Å². The Balaban J connectivity index is 2.46. The first-order chi connectivity index (χ1) is 5.84. The van der Waals surface area contributed by atoms with E-state index in [2.05, 4.69) is 0 Å². The van der Waals surface area contributed by atoms with E-state index in [-0.39, 0.29) is 0 Å². The van der Waals surface area contributed by atoms with E-state index in [1.807, 2.05) is 24.3 Å². The van der Waals surface area contributed by atoms with E-state index in [0.717, 1.165) is 10.6 Å². The number of halogens is 1. The van der Waals surface area contributed by atoms with Gasteiger partial charge in [0, 0.05) is 12.1 Å². The fourth-order valence-corrected chi connectivity index (χ4v) is 1.04. The van der Waals surface area contributed by atoms with Crippen molar-refractivity contribution in [2.45, 2.75) is 6.61 Å². The van der Waals surface area contributed by atoms with Crippen molar-refractivity contribution in [1.29, 1.82) is 0 Å². The summed E-state index contributed by atoms with van der Waals surface area (Å²) in [4.78, 5) is 0. The molecule has 0 aromatic heterocycles. The monoisotopic (exact) mass is 186 g/mol. The zero-order valence-corrected chi connectivity index (χ0v) is 7.67. The average molecular weight is 187 g/mol. The van der Waals surface area contributed by atoms with Crippen LogP contribution in [-0.2, 0) is 16.1 Å². The molecule has 0 atom stereocenters. The van der Waals surface area contributed by atoms with Crippen molar-refractivity contribution >= 4 is 11.6 Å². The van der Waals surface area contributed by atoms with Crippen LogP contribution in [0.5, 0.6) is 0 Å². The van der Waals surface area contributed by atoms with Gasteiger partial charge in [0.1, 0.15) is 6.79 Å². The first-order valence-corrected chi connectivity index (χ1v) is 4.02. The molecule has 0 saturated heterocycles. The molecule has 0 fully saturated rings. The predicted molar refractivity (Wildman–Crippen MR) is 48.1 cm³/mol. The summed E-state index contributed by atoms with van der Waals surface area (Å²) in [6.07, 6.45) is 0. The van der Waals surface area contributed by atoms with Crippen molar-refractivity contribution in [2.75, 3.05) is 13.9 Å². The van der Waals surface area contributed by atoms with Crippen LogP contribution in [0.3, 0.4) is 0 Å². The maximum absolute atomic E-state index is 5.88. The molecule has 0 aliphatic heterocycles. The van der Waals surface area contributed by atoms with Crippen LogP contribution in [0, 0.1) is 0 Å². The molecule has 0 aliphatic carbocycles. The predicted octanol–water partition coefficient (Wildman–Crippen LogP) is 2.46. The van der Waals surface area contributed by atoms with Gasteiger partial charge in [-0.2, -0.15) is 0 Å². The van der Waals surface area contributed by atoms with Crippen LogP contribution in [0.15, 0.2) is 24.3 Å². The Hall–Kier alpha value is -0.570. The Morgan fingerprint density at radius 2 is 2.08 bits per heavy atom. The summed E-state index contributed by atoms with van der Waals surface area (Å²) in [6.45, 7) is 0.790. The summed E-state index contributed by atoms with van der Waals surface area (Å²) in [5.74, 6) is 0. The maximum atomic E-state index is 5.88. The highest BCUT2D eigenvalue weighted by Gasteiger charge is 1.97. The van der Waals surface area contributed by atoms with Gasteiger partial charge in [-0.3, -0.25) is 0 Å². The van der Waals surface area contributed by atoms with E-state index < -0.39 is 0 Å². The van der Waals surface area contributed by atoms with Crippen molar-refractivity contribution < 1.29 is 9.47 Å². The molecule has 0 aliphatic rings. The minimum atomic E-state index is 0.297. The van der Waals surface area contributed by atoms with Crippen molar-refractivity contribution in [3.05, 3.63) is 34.9 Å². The van der Waals surface area contributed by atoms with Crippen molar-refractivity contribution in [2.24, 2.45) is 0 Å². The van der Waals surface area contributed by atoms with Crippen LogP contribution in [0.1, 0.15) is 5.56 Å². The first kappa shape index (κ1) is 9.52. The Morgan fingerprint density at radius 1 is 1.33 bits per heavy atom. The van der Waals surface area contributed by atoms with Gasteiger partial charge >= 0.3 is 0 Å². The van der Waals surface area contributed by atoms with Gasteiger partial charge in [0.15, 0.2) is 0 Å². The molecule has 3 heteroatoms. The van der Waals surface area contributed by atoms with Gasteiger partial charge in [-0.05, 0) is 11.6 Å². The number of hydrogen-bond donors (Lipinski definition) is 0. The second-order valence-electron chi connectivity index (χ2n) is 2.35. The number of rotatable bonds is 4. The molecule has 0 bridgehead atoms. The van der Waals surface area contributed by atoms with E-state index in [4.69, 9.17) is 21.1 Å². The molecule has 0 heterocycles. The number of benzene rings is 1. The summed E-state index contributed by atoms with van der Waals surface area (Å²) in [7, 11) is 1.59. The zero-order valence-electron chi connectivity index (χ0n) is 6.92. The third-order valence-electron chi connectivity index (χ3n) is 1.42. The summed E-state index contributed by atoms with van der Waals surface area (Å²) in [6, 6.07) is 7.59. The van der Waals surface area contributed by atoms with Gasteiger partial charge in [0.2, 0.25) is 0 Å². The molecule has 2 nitrogen and oxygen atoms in total. The topological polar surface area (TPSA) is 18.5 Å². The SMILES string of the molecule is COCOCc1ccccc1Cl. The normalized spacial score (nSPS) is 10.2. The molecule has 0 radical (unpaired) electrons. The van der Waals surface area contributed by atoms with E-state index in [0.29, 0.717) is 13.4 Å². The molecule has 0 saturated carbocycles. The molecular weight excluding hydrogens is 176 g/mol.